The Morgan fingerprint density at radius 2 is 1.96 bits per heavy atom. The first kappa shape index (κ1) is 21.7. The van der Waals surface area contributed by atoms with Crippen molar-refractivity contribution in [1.29, 1.82) is 0 Å². The van der Waals surface area contributed by atoms with Gasteiger partial charge in [0.15, 0.2) is 5.96 Å². The van der Waals surface area contributed by atoms with Crippen molar-refractivity contribution in [2.45, 2.75) is 40.7 Å². The number of nitrogens with zero attached hydrogens (tertiary/aromatic N) is 2. The van der Waals surface area contributed by atoms with Crippen LogP contribution in [0, 0.1) is 5.92 Å². The Hall–Kier alpha value is -1.31. The lowest BCUT2D eigenvalue weighted by atomic mass is 10.1. The van der Waals surface area contributed by atoms with Crippen LogP contribution in [0.4, 0.5) is 5.69 Å². The molecule has 0 bridgehead atoms. The van der Waals surface area contributed by atoms with Gasteiger partial charge in [-0.05, 0) is 38.0 Å². The summed E-state index contributed by atoms with van der Waals surface area (Å²) in [4.78, 5) is 18.3. The average Bonchev–Trinajstić information content (AvgIpc) is 2.53. The Morgan fingerprint density at radius 3 is 2.52 bits per heavy atom. The van der Waals surface area contributed by atoms with Crippen LogP contribution < -0.4 is 11.1 Å². The Bertz CT molecular complexity index is 515. The molecule has 1 aromatic carbocycles. The molecular weight excluding hydrogens is 403 g/mol. The number of carbonyl (C=O) groups excluding carboxylic acids is 1. The van der Waals surface area contributed by atoms with Crippen LogP contribution in [0.1, 0.15) is 39.7 Å². The number of benzene rings is 1. The molecule has 0 aromatic heterocycles. The highest BCUT2D eigenvalue weighted by Crippen LogP contribution is 2.14. The monoisotopic (exact) mass is 432 g/mol. The molecule has 23 heavy (non-hydrogen) atoms. The first-order chi connectivity index (χ1) is 10.5. The average molecular weight is 432 g/mol. The third kappa shape index (κ3) is 7.20. The third-order valence-corrected chi connectivity index (χ3v) is 3.77. The van der Waals surface area contributed by atoms with Gasteiger partial charge < -0.3 is 16.0 Å². The van der Waals surface area contributed by atoms with E-state index in [2.05, 4.69) is 24.2 Å². The van der Waals surface area contributed by atoms with E-state index >= 15 is 0 Å². The Balaban J connectivity index is 0.00000484. The predicted octanol–water partition coefficient (Wildman–Crippen LogP) is 3.45. The number of nitrogens with two attached hydrogens (primary N) is 1. The third-order valence-electron chi connectivity index (χ3n) is 3.77. The van der Waals surface area contributed by atoms with Crippen LogP contribution >= 0.6 is 24.0 Å². The van der Waals surface area contributed by atoms with Crippen LogP contribution in [0.15, 0.2) is 29.3 Å². The van der Waals surface area contributed by atoms with E-state index in [9.17, 15) is 4.79 Å². The van der Waals surface area contributed by atoms with Crippen LogP contribution in [0.25, 0.3) is 0 Å². The van der Waals surface area contributed by atoms with Gasteiger partial charge in [0.25, 0.3) is 0 Å². The zero-order valence-corrected chi connectivity index (χ0v) is 16.8. The van der Waals surface area contributed by atoms with Gasteiger partial charge in [0.2, 0.25) is 5.91 Å². The van der Waals surface area contributed by atoms with Crippen LogP contribution in [0.5, 0.6) is 0 Å². The van der Waals surface area contributed by atoms with E-state index < -0.39 is 0 Å². The molecule has 0 aliphatic rings. The number of anilines is 1. The Labute approximate surface area is 156 Å². The Morgan fingerprint density at radius 1 is 1.30 bits per heavy atom. The van der Waals surface area contributed by atoms with E-state index in [1.165, 1.54) is 0 Å². The molecule has 0 fully saturated rings. The molecule has 1 aromatic rings. The molecule has 0 aliphatic carbocycles. The van der Waals surface area contributed by atoms with Crippen molar-refractivity contribution >= 4 is 41.5 Å². The van der Waals surface area contributed by atoms with Gasteiger partial charge >= 0.3 is 0 Å². The fraction of sp³-hybridized carbons (Fsp3) is 0.529. The molecule has 0 radical (unpaired) electrons. The summed E-state index contributed by atoms with van der Waals surface area (Å²) in [5.41, 5.74) is 7.80. The summed E-state index contributed by atoms with van der Waals surface area (Å²) in [6.45, 7) is 10.2. The van der Waals surface area contributed by atoms with Crippen molar-refractivity contribution in [3.05, 3.63) is 29.8 Å². The maximum Gasteiger partial charge on any atom is 0.227 e. The number of hydrogen-bond acceptors (Lipinski definition) is 2. The van der Waals surface area contributed by atoms with E-state index in [1.54, 1.807) is 0 Å². The molecule has 0 aliphatic heterocycles. The summed E-state index contributed by atoms with van der Waals surface area (Å²) >= 11 is 0. The molecule has 3 N–H and O–H groups in total. The highest BCUT2D eigenvalue weighted by Gasteiger charge is 2.10. The zero-order chi connectivity index (χ0) is 16.5. The van der Waals surface area contributed by atoms with Crippen LogP contribution in [0.3, 0.4) is 0 Å². The summed E-state index contributed by atoms with van der Waals surface area (Å²) < 4.78 is 0. The summed E-state index contributed by atoms with van der Waals surface area (Å²) in [5.74, 6) is 0.616. The van der Waals surface area contributed by atoms with Crippen molar-refractivity contribution < 1.29 is 4.79 Å². The number of nitrogens with one attached hydrogen (secondary N) is 1. The predicted molar refractivity (Wildman–Crippen MR) is 108 cm³/mol. The van der Waals surface area contributed by atoms with E-state index in [0.717, 1.165) is 30.8 Å². The van der Waals surface area contributed by atoms with Gasteiger partial charge in [-0.3, -0.25) is 4.79 Å². The van der Waals surface area contributed by atoms with Crippen molar-refractivity contribution in [2.24, 2.45) is 16.6 Å². The fourth-order valence-electron chi connectivity index (χ4n) is 2.02. The lowest BCUT2D eigenvalue weighted by Gasteiger charge is -2.19. The maximum absolute atomic E-state index is 11.9. The SMILES string of the molecule is CCC(C)C(=O)Nc1cccc(CN=C(N)N(CC)CC)c1.I. The molecule has 1 unspecified atom stereocenters. The summed E-state index contributed by atoms with van der Waals surface area (Å²) in [7, 11) is 0. The number of carbonyl (C=O) groups is 1. The molecule has 0 saturated carbocycles. The van der Waals surface area contributed by atoms with Crippen LogP contribution in [0.2, 0.25) is 0 Å². The number of rotatable bonds is 7. The van der Waals surface area contributed by atoms with Gasteiger partial charge in [0, 0.05) is 24.7 Å². The summed E-state index contributed by atoms with van der Waals surface area (Å²) in [6, 6.07) is 7.74. The van der Waals surface area contributed by atoms with Crippen molar-refractivity contribution in [3.8, 4) is 0 Å². The molecule has 5 nitrogen and oxygen atoms in total. The quantitative estimate of drug-likeness (QED) is 0.394. The van der Waals surface area contributed by atoms with E-state index in [4.69, 9.17) is 5.73 Å². The van der Waals surface area contributed by atoms with E-state index in [0.29, 0.717) is 12.5 Å². The first-order valence-corrected chi connectivity index (χ1v) is 7.96. The van der Waals surface area contributed by atoms with Gasteiger partial charge in [-0.15, -0.1) is 24.0 Å². The number of halogens is 1. The fourth-order valence-corrected chi connectivity index (χ4v) is 2.02. The standard InChI is InChI=1S/C17H28N4O.HI/c1-5-13(4)16(22)20-15-10-8-9-14(11-15)12-19-17(18)21(6-2)7-3;/h8-11,13H,5-7,12H2,1-4H3,(H2,18,19)(H,20,22);1H. The van der Waals surface area contributed by atoms with Crippen molar-refractivity contribution in [3.63, 3.8) is 0 Å². The summed E-state index contributed by atoms with van der Waals surface area (Å²) in [5, 5.41) is 2.94. The minimum absolute atomic E-state index is 0. The number of hydrogen-bond donors (Lipinski definition) is 2. The molecule has 1 atom stereocenters. The van der Waals surface area contributed by atoms with Crippen molar-refractivity contribution in [2.75, 3.05) is 18.4 Å². The molecule has 0 spiro atoms. The molecule has 130 valence electrons. The van der Waals surface area contributed by atoms with Gasteiger partial charge in [0.1, 0.15) is 0 Å². The Kier molecular flexibility index (Phi) is 10.6. The number of aliphatic imine (C=N–C) groups is 1. The topological polar surface area (TPSA) is 70.7 Å². The minimum Gasteiger partial charge on any atom is -0.370 e. The van der Waals surface area contributed by atoms with Gasteiger partial charge in [-0.2, -0.15) is 0 Å². The molecular formula is C17H29IN4O. The normalized spacial score (nSPS) is 12.3. The lowest BCUT2D eigenvalue weighted by Crippen LogP contribution is -2.37. The minimum atomic E-state index is 0. The van der Waals surface area contributed by atoms with Crippen LogP contribution in [-0.2, 0) is 11.3 Å². The van der Waals surface area contributed by atoms with Gasteiger partial charge in [-0.1, -0.05) is 26.0 Å². The first-order valence-electron chi connectivity index (χ1n) is 7.96. The second-order valence-corrected chi connectivity index (χ2v) is 5.35. The highest BCUT2D eigenvalue weighted by atomic mass is 127. The van der Waals surface area contributed by atoms with Crippen molar-refractivity contribution in [1.82, 2.24) is 4.90 Å². The molecule has 6 heteroatoms. The van der Waals surface area contributed by atoms with E-state index in [1.807, 2.05) is 43.0 Å². The molecule has 0 heterocycles. The molecule has 0 saturated heterocycles. The van der Waals surface area contributed by atoms with Gasteiger partial charge in [0.05, 0.1) is 6.54 Å². The molecule has 1 rings (SSSR count). The second-order valence-electron chi connectivity index (χ2n) is 5.35. The van der Waals surface area contributed by atoms with Crippen LogP contribution in [-0.4, -0.2) is 29.9 Å². The summed E-state index contributed by atoms with van der Waals surface area (Å²) in [6.07, 6.45) is 0.830. The zero-order valence-electron chi connectivity index (χ0n) is 14.5. The van der Waals surface area contributed by atoms with Gasteiger partial charge in [-0.25, -0.2) is 4.99 Å². The van der Waals surface area contributed by atoms with E-state index in [-0.39, 0.29) is 35.8 Å². The molecule has 1 amide bonds. The maximum atomic E-state index is 11.9. The number of amides is 1. The largest absolute Gasteiger partial charge is 0.370 e. The smallest absolute Gasteiger partial charge is 0.227 e. The number of guanidine groups is 1. The highest BCUT2D eigenvalue weighted by molar-refractivity contribution is 14.0. The second kappa shape index (κ2) is 11.3. The lowest BCUT2D eigenvalue weighted by molar-refractivity contribution is -0.119.